The van der Waals surface area contributed by atoms with Gasteiger partial charge in [-0.25, -0.2) is 9.97 Å². The number of aromatic nitrogens is 2. The molecule has 2 rings (SSSR count). The third kappa shape index (κ3) is 5.38. The van der Waals surface area contributed by atoms with Crippen molar-refractivity contribution in [1.29, 1.82) is 0 Å². The van der Waals surface area contributed by atoms with Gasteiger partial charge in [-0.2, -0.15) is 0 Å². The van der Waals surface area contributed by atoms with Crippen molar-refractivity contribution >= 4 is 29.5 Å². The minimum absolute atomic E-state index is 0.178. The van der Waals surface area contributed by atoms with E-state index in [0.29, 0.717) is 17.5 Å². The van der Waals surface area contributed by atoms with E-state index in [2.05, 4.69) is 15.3 Å². The van der Waals surface area contributed by atoms with Gasteiger partial charge >= 0.3 is 0 Å². The maximum absolute atomic E-state index is 11.9. The lowest BCUT2D eigenvalue weighted by Gasteiger charge is -2.12. The predicted octanol–water partition coefficient (Wildman–Crippen LogP) is 2.83. The first-order valence-corrected chi connectivity index (χ1v) is 7.55. The second kappa shape index (κ2) is 7.74. The Morgan fingerprint density at radius 2 is 1.96 bits per heavy atom. The molecule has 1 heterocycles. The average Bonchev–Trinajstić information content (AvgIpc) is 2.52. The molecule has 5 nitrogen and oxygen atoms in total. The van der Waals surface area contributed by atoms with E-state index in [4.69, 9.17) is 11.6 Å². The van der Waals surface area contributed by atoms with Gasteiger partial charge < -0.3 is 10.2 Å². The molecule has 0 radical (unpaired) electrons. The van der Waals surface area contributed by atoms with Crippen LogP contribution >= 0.6 is 11.6 Å². The molecule has 0 aliphatic heterocycles. The van der Waals surface area contributed by atoms with Gasteiger partial charge in [-0.3, -0.25) is 4.79 Å². The minimum Gasteiger partial charge on any atom is -0.347 e. The number of carbonyl (C=O) groups excluding carboxylic acids is 1. The van der Waals surface area contributed by atoms with Crippen molar-refractivity contribution in [3.05, 3.63) is 58.4 Å². The largest absolute Gasteiger partial charge is 0.347 e. The molecule has 1 aromatic heterocycles. The lowest BCUT2D eigenvalue weighted by atomic mass is 10.2. The monoisotopic (exact) mass is 330 g/mol. The predicted molar refractivity (Wildman–Crippen MR) is 93.4 cm³/mol. The minimum atomic E-state index is -0.178. The maximum Gasteiger partial charge on any atom is 0.244 e. The van der Waals surface area contributed by atoms with Crippen LogP contribution in [0.4, 0.5) is 5.95 Å². The summed E-state index contributed by atoms with van der Waals surface area (Å²) in [6.07, 6.45) is 3.23. The first-order chi connectivity index (χ1) is 10.9. The molecule has 120 valence electrons. The van der Waals surface area contributed by atoms with Gasteiger partial charge in [0, 0.05) is 30.9 Å². The Morgan fingerprint density at radius 3 is 2.61 bits per heavy atom. The van der Waals surface area contributed by atoms with Crippen molar-refractivity contribution in [2.24, 2.45) is 0 Å². The first kappa shape index (κ1) is 17.0. The summed E-state index contributed by atoms with van der Waals surface area (Å²) in [5.74, 6) is 0.452. The van der Waals surface area contributed by atoms with Crippen LogP contribution in [0, 0.1) is 6.92 Å². The standard InChI is InChI=1S/C17H19ClN4O/c1-12-10-15(21-17(20-12)22(2)3)11-19-16(23)9-6-13-4-7-14(18)8-5-13/h4-10H,11H2,1-3H3,(H,19,23)/b9-6+. The van der Waals surface area contributed by atoms with Gasteiger partial charge in [0.15, 0.2) is 0 Å². The van der Waals surface area contributed by atoms with Crippen molar-refractivity contribution in [1.82, 2.24) is 15.3 Å². The third-order valence-electron chi connectivity index (χ3n) is 3.04. The quantitative estimate of drug-likeness (QED) is 0.856. The molecule has 0 bridgehead atoms. The zero-order valence-electron chi connectivity index (χ0n) is 13.4. The number of benzene rings is 1. The number of anilines is 1. The molecule has 1 N–H and O–H groups in total. The van der Waals surface area contributed by atoms with E-state index in [1.54, 1.807) is 18.2 Å². The number of amides is 1. The van der Waals surface area contributed by atoms with Crippen LogP contribution in [0.3, 0.4) is 0 Å². The van der Waals surface area contributed by atoms with Crippen molar-refractivity contribution in [2.75, 3.05) is 19.0 Å². The molecule has 1 amide bonds. The molecule has 6 heteroatoms. The van der Waals surface area contributed by atoms with Gasteiger partial charge in [0.1, 0.15) is 0 Å². The summed E-state index contributed by atoms with van der Waals surface area (Å²) in [5, 5.41) is 3.48. The molecule has 1 aromatic carbocycles. The van der Waals surface area contributed by atoms with Gasteiger partial charge in [0.05, 0.1) is 12.2 Å². The Labute approximate surface area is 141 Å². The Bertz CT molecular complexity index is 711. The van der Waals surface area contributed by atoms with E-state index >= 15 is 0 Å². The molecule has 0 aliphatic carbocycles. The average molecular weight is 331 g/mol. The number of carbonyl (C=O) groups is 1. The SMILES string of the molecule is Cc1cc(CNC(=O)/C=C/c2ccc(Cl)cc2)nc(N(C)C)n1. The molecule has 0 spiro atoms. The summed E-state index contributed by atoms with van der Waals surface area (Å²) in [4.78, 5) is 22.4. The number of hydrogen-bond donors (Lipinski definition) is 1. The zero-order chi connectivity index (χ0) is 16.8. The van der Waals surface area contributed by atoms with E-state index in [1.165, 1.54) is 6.08 Å². The van der Waals surface area contributed by atoms with Crippen molar-refractivity contribution in [3.63, 3.8) is 0 Å². The van der Waals surface area contributed by atoms with E-state index in [0.717, 1.165) is 17.0 Å². The lowest BCUT2D eigenvalue weighted by molar-refractivity contribution is -0.116. The number of halogens is 1. The molecule has 0 aliphatic rings. The highest BCUT2D eigenvalue weighted by atomic mass is 35.5. The van der Waals surface area contributed by atoms with E-state index in [1.807, 2.05) is 44.1 Å². The molecule has 2 aromatic rings. The van der Waals surface area contributed by atoms with Crippen molar-refractivity contribution < 1.29 is 4.79 Å². The maximum atomic E-state index is 11.9. The third-order valence-corrected chi connectivity index (χ3v) is 3.29. The number of nitrogens with one attached hydrogen (secondary N) is 1. The van der Waals surface area contributed by atoms with Crippen LogP contribution in [-0.2, 0) is 11.3 Å². The summed E-state index contributed by atoms with van der Waals surface area (Å²) in [6.45, 7) is 2.26. The van der Waals surface area contributed by atoms with E-state index < -0.39 is 0 Å². The number of nitrogens with zero attached hydrogens (tertiary/aromatic N) is 3. The summed E-state index contributed by atoms with van der Waals surface area (Å²) < 4.78 is 0. The van der Waals surface area contributed by atoms with Crippen LogP contribution in [-0.4, -0.2) is 30.0 Å². The van der Waals surface area contributed by atoms with Gasteiger partial charge in [0.2, 0.25) is 11.9 Å². The molecule has 0 fully saturated rings. The fraction of sp³-hybridized carbons (Fsp3) is 0.235. The zero-order valence-corrected chi connectivity index (χ0v) is 14.1. The van der Waals surface area contributed by atoms with Crippen LogP contribution in [0.25, 0.3) is 6.08 Å². The van der Waals surface area contributed by atoms with Crippen LogP contribution in [0.1, 0.15) is 17.0 Å². The van der Waals surface area contributed by atoms with Gasteiger partial charge in [-0.05, 0) is 36.8 Å². The Hall–Kier alpha value is -2.40. The smallest absolute Gasteiger partial charge is 0.244 e. The summed E-state index contributed by atoms with van der Waals surface area (Å²) in [5.41, 5.74) is 2.55. The highest BCUT2D eigenvalue weighted by molar-refractivity contribution is 6.30. The fourth-order valence-corrected chi connectivity index (χ4v) is 2.02. The Balaban J connectivity index is 1.95. The van der Waals surface area contributed by atoms with Crippen LogP contribution < -0.4 is 10.2 Å². The molecule has 0 atom stereocenters. The lowest BCUT2D eigenvalue weighted by Crippen LogP contribution is -2.22. The van der Waals surface area contributed by atoms with Crippen LogP contribution in [0.5, 0.6) is 0 Å². The number of rotatable bonds is 5. The van der Waals surface area contributed by atoms with Gasteiger partial charge in [-0.1, -0.05) is 23.7 Å². The topological polar surface area (TPSA) is 58.1 Å². The van der Waals surface area contributed by atoms with Gasteiger partial charge in [-0.15, -0.1) is 0 Å². The molecule has 0 saturated carbocycles. The normalized spacial score (nSPS) is 10.8. The molecule has 0 unspecified atom stereocenters. The van der Waals surface area contributed by atoms with Gasteiger partial charge in [0.25, 0.3) is 0 Å². The van der Waals surface area contributed by atoms with Crippen LogP contribution in [0.2, 0.25) is 5.02 Å². The Kier molecular flexibility index (Phi) is 5.71. The Morgan fingerprint density at radius 1 is 1.26 bits per heavy atom. The fourth-order valence-electron chi connectivity index (χ4n) is 1.89. The van der Waals surface area contributed by atoms with E-state index in [9.17, 15) is 4.79 Å². The molecular weight excluding hydrogens is 312 g/mol. The van der Waals surface area contributed by atoms with Crippen LogP contribution in [0.15, 0.2) is 36.4 Å². The first-order valence-electron chi connectivity index (χ1n) is 7.17. The summed E-state index contributed by atoms with van der Waals surface area (Å²) in [7, 11) is 3.76. The van der Waals surface area contributed by atoms with Crippen molar-refractivity contribution in [2.45, 2.75) is 13.5 Å². The molecule has 0 saturated heterocycles. The van der Waals surface area contributed by atoms with E-state index in [-0.39, 0.29) is 5.91 Å². The second-order valence-corrected chi connectivity index (χ2v) is 5.73. The summed E-state index contributed by atoms with van der Waals surface area (Å²) in [6, 6.07) is 9.12. The number of aryl methyl sites for hydroxylation is 1. The second-order valence-electron chi connectivity index (χ2n) is 5.30. The molecule has 23 heavy (non-hydrogen) atoms. The highest BCUT2D eigenvalue weighted by Crippen LogP contribution is 2.10. The molecular formula is C17H19ClN4O. The van der Waals surface area contributed by atoms with Crippen molar-refractivity contribution in [3.8, 4) is 0 Å². The summed E-state index contributed by atoms with van der Waals surface area (Å²) >= 11 is 5.82. The highest BCUT2D eigenvalue weighted by Gasteiger charge is 2.05. The number of hydrogen-bond acceptors (Lipinski definition) is 4.